The Hall–Kier alpha value is -1.91. The number of benzene rings is 1. The first kappa shape index (κ1) is 17.1. The number of esters is 1. The number of carbonyl (C=O) groups excluding carboxylic acids is 2. The van der Waals surface area contributed by atoms with Gasteiger partial charge in [-0.2, -0.15) is 0 Å². The van der Waals surface area contributed by atoms with Crippen molar-refractivity contribution in [2.75, 3.05) is 6.61 Å². The summed E-state index contributed by atoms with van der Waals surface area (Å²) in [5, 5.41) is 2.65. The molecular formula is C16H22FNO3. The summed E-state index contributed by atoms with van der Waals surface area (Å²) in [6.07, 6.45) is 2.34. The van der Waals surface area contributed by atoms with Gasteiger partial charge in [-0.05, 0) is 30.5 Å². The molecule has 1 unspecified atom stereocenters. The van der Waals surface area contributed by atoms with E-state index in [1.807, 2.05) is 13.8 Å². The van der Waals surface area contributed by atoms with Crippen LogP contribution < -0.4 is 5.32 Å². The van der Waals surface area contributed by atoms with Crippen molar-refractivity contribution in [2.24, 2.45) is 0 Å². The molecule has 21 heavy (non-hydrogen) atoms. The lowest BCUT2D eigenvalue weighted by molar-refractivity contribution is -0.148. The van der Waals surface area contributed by atoms with E-state index in [0.29, 0.717) is 18.6 Å². The van der Waals surface area contributed by atoms with E-state index < -0.39 is 12.0 Å². The highest BCUT2D eigenvalue weighted by Crippen LogP contribution is 2.04. The Morgan fingerprint density at radius 2 is 1.90 bits per heavy atom. The zero-order valence-electron chi connectivity index (χ0n) is 12.5. The molecule has 0 spiro atoms. The molecule has 0 saturated carbocycles. The molecule has 1 rings (SSSR count). The Balaban J connectivity index is 2.46. The Bertz CT molecular complexity index is 459. The SMILES string of the molecule is CCCCOC(=O)C(CC)NC(=O)Cc1ccc(F)cc1. The summed E-state index contributed by atoms with van der Waals surface area (Å²) in [5.41, 5.74) is 0.697. The lowest BCUT2D eigenvalue weighted by Gasteiger charge is -2.16. The maximum atomic E-state index is 12.8. The van der Waals surface area contributed by atoms with Gasteiger partial charge in [0.15, 0.2) is 0 Å². The lowest BCUT2D eigenvalue weighted by atomic mass is 10.1. The van der Waals surface area contributed by atoms with Crippen LogP contribution in [0.1, 0.15) is 38.7 Å². The summed E-state index contributed by atoms with van der Waals surface area (Å²) in [5.74, 6) is -1.02. The molecular weight excluding hydrogens is 273 g/mol. The maximum absolute atomic E-state index is 12.8. The first-order valence-electron chi connectivity index (χ1n) is 7.27. The monoisotopic (exact) mass is 295 g/mol. The van der Waals surface area contributed by atoms with Crippen LogP contribution in [-0.4, -0.2) is 24.5 Å². The van der Waals surface area contributed by atoms with Crippen LogP contribution in [-0.2, 0) is 20.7 Å². The predicted octanol–water partition coefficient (Wildman–Crippen LogP) is 2.61. The lowest BCUT2D eigenvalue weighted by Crippen LogP contribution is -2.42. The van der Waals surface area contributed by atoms with Crippen molar-refractivity contribution in [3.8, 4) is 0 Å². The Morgan fingerprint density at radius 1 is 1.24 bits per heavy atom. The first-order chi connectivity index (χ1) is 10.1. The molecule has 5 heteroatoms. The van der Waals surface area contributed by atoms with Crippen molar-refractivity contribution in [3.63, 3.8) is 0 Å². The standard InChI is InChI=1S/C16H22FNO3/c1-3-5-10-21-16(20)14(4-2)18-15(19)11-12-6-8-13(17)9-7-12/h6-9,14H,3-5,10-11H2,1-2H3,(H,18,19). The molecule has 0 aliphatic rings. The van der Waals surface area contributed by atoms with Gasteiger partial charge in [0, 0.05) is 0 Å². The number of rotatable bonds is 8. The fraction of sp³-hybridized carbons (Fsp3) is 0.500. The molecule has 0 aliphatic carbocycles. The van der Waals surface area contributed by atoms with Crippen molar-refractivity contribution in [1.29, 1.82) is 0 Å². The van der Waals surface area contributed by atoms with Gasteiger partial charge in [-0.1, -0.05) is 32.4 Å². The molecule has 0 radical (unpaired) electrons. The fourth-order valence-corrected chi connectivity index (χ4v) is 1.78. The predicted molar refractivity (Wildman–Crippen MR) is 78.2 cm³/mol. The highest BCUT2D eigenvalue weighted by atomic mass is 19.1. The van der Waals surface area contributed by atoms with Gasteiger partial charge >= 0.3 is 5.97 Å². The van der Waals surface area contributed by atoms with Gasteiger partial charge < -0.3 is 10.1 Å². The Labute approximate surface area is 124 Å². The topological polar surface area (TPSA) is 55.4 Å². The molecule has 0 saturated heterocycles. The van der Waals surface area contributed by atoms with Crippen molar-refractivity contribution >= 4 is 11.9 Å². The summed E-state index contributed by atoms with van der Waals surface area (Å²) >= 11 is 0. The first-order valence-corrected chi connectivity index (χ1v) is 7.27. The van der Waals surface area contributed by atoms with E-state index in [1.54, 1.807) is 12.1 Å². The molecule has 116 valence electrons. The molecule has 1 atom stereocenters. The molecule has 1 amide bonds. The van der Waals surface area contributed by atoms with E-state index in [1.165, 1.54) is 12.1 Å². The van der Waals surface area contributed by atoms with Gasteiger partial charge in [0.05, 0.1) is 13.0 Å². The van der Waals surface area contributed by atoms with Gasteiger partial charge in [-0.25, -0.2) is 9.18 Å². The third-order valence-electron chi connectivity index (χ3n) is 3.05. The van der Waals surface area contributed by atoms with E-state index in [0.717, 1.165) is 12.8 Å². The van der Waals surface area contributed by atoms with Gasteiger partial charge in [-0.15, -0.1) is 0 Å². The van der Waals surface area contributed by atoms with Gasteiger partial charge in [0.25, 0.3) is 0 Å². The molecule has 0 fully saturated rings. The second kappa shape index (κ2) is 9.10. The molecule has 0 aromatic heterocycles. The van der Waals surface area contributed by atoms with E-state index in [-0.39, 0.29) is 18.1 Å². The van der Waals surface area contributed by atoms with Crippen molar-refractivity contribution < 1.29 is 18.7 Å². The number of carbonyl (C=O) groups is 2. The molecule has 1 aromatic rings. The van der Waals surface area contributed by atoms with E-state index in [4.69, 9.17) is 4.74 Å². The summed E-state index contributed by atoms with van der Waals surface area (Å²) in [6.45, 7) is 4.19. The summed E-state index contributed by atoms with van der Waals surface area (Å²) in [4.78, 5) is 23.7. The van der Waals surface area contributed by atoms with Gasteiger partial charge in [-0.3, -0.25) is 4.79 Å². The van der Waals surface area contributed by atoms with Gasteiger partial charge in [0.2, 0.25) is 5.91 Å². The minimum absolute atomic E-state index is 0.110. The molecule has 1 N–H and O–H groups in total. The molecule has 0 aliphatic heterocycles. The maximum Gasteiger partial charge on any atom is 0.328 e. The second-order valence-corrected chi connectivity index (χ2v) is 4.85. The zero-order chi connectivity index (χ0) is 15.7. The molecule has 0 bridgehead atoms. The summed E-state index contributed by atoms with van der Waals surface area (Å²) in [7, 11) is 0. The quantitative estimate of drug-likeness (QED) is 0.592. The highest BCUT2D eigenvalue weighted by molar-refractivity contribution is 5.85. The molecule has 0 heterocycles. The number of halogens is 1. The van der Waals surface area contributed by atoms with E-state index in [2.05, 4.69) is 5.32 Å². The van der Waals surface area contributed by atoms with Crippen molar-refractivity contribution in [1.82, 2.24) is 5.32 Å². The molecule has 1 aromatic carbocycles. The van der Waals surface area contributed by atoms with Crippen molar-refractivity contribution in [3.05, 3.63) is 35.6 Å². The van der Waals surface area contributed by atoms with Crippen LogP contribution in [0.25, 0.3) is 0 Å². The van der Waals surface area contributed by atoms with Crippen LogP contribution >= 0.6 is 0 Å². The number of unbranched alkanes of at least 4 members (excludes halogenated alkanes) is 1. The third kappa shape index (κ3) is 6.38. The number of nitrogens with one attached hydrogen (secondary N) is 1. The van der Waals surface area contributed by atoms with Crippen LogP contribution in [0, 0.1) is 5.82 Å². The van der Waals surface area contributed by atoms with Crippen LogP contribution in [0.15, 0.2) is 24.3 Å². The smallest absolute Gasteiger partial charge is 0.328 e. The minimum atomic E-state index is -0.630. The van der Waals surface area contributed by atoms with E-state index in [9.17, 15) is 14.0 Å². The summed E-state index contributed by atoms with van der Waals surface area (Å²) in [6, 6.07) is 5.08. The number of hydrogen-bond acceptors (Lipinski definition) is 3. The normalized spacial score (nSPS) is 11.8. The zero-order valence-corrected chi connectivity index (χ0v) is 12.5. The third-order valence-corrected chi connectivity index (χ3v) is 3.05. The van der Waals surface area contributed by atoms with Gasteiger partial charge in [0.1, 0.15) is 11.9 Å². The van der Waals surface area contributed by atoms with Crippen LogP contribution in [0.3, 0.4) is 0 Å². The fourth-order valence-electron chi connectivity index (χ4n) is 1.78. The van der Waals surface area contributed by atoms with E-state index >= 15 is 0 Å². The van der Waals surface area contributed by atoms with Crippen molar-refractivity contribution in [2.45, 2.75) is 45.6 Å². The van der Waals surface area contributed by atoms with Crippen LogP contribution in [0.4, 0.5) is 4.39 Å². The number of hydrogen-bond donors (Lipinski definition) is 1. The summed E-state index contributed by atoms with van der Waals surface area (Å²) < 4.78 is 17.9. The number of amides is 1. The Morgan fingerprint density at radius 3 is 2.48 bits per heavy atom. The molecule has 4 nitrogen and oxygen atoms in total. The largest absolute Gasteiger partial charge is 0.464 e. The Kier molecular flexibility index (Phi) is 7.43. The average Bonchev–Trinajstić information content (AvgIpc) is 2.47. The minimum Gasteiger partial charge on any atom is -0.464 e. The number of ether oxygens (including phenoxy) is 1. The van der Waals surface area contributed by atoms with Crippen LogP contribution in [0.2, 0.25) is 0 Å². The second-order valence-electron chi connectivity index (χ2n) is 4.85. The average molecular weight is 295 g/mol. The van der Waals surface area contributed by atoms with Crippen LogP contribution in [0.5, 0.6) is 0 Å². The highest BCUT2D eigenvalue weighted by Gasteiger charge is 2.20.